The first kappa shape index (κ1) is 32.3. The summed E-state index contributed by atoms with van der Waals surface area (Å²) in [5.74, 6) is -1.16. The Labute approximate surface area is 251 Å². The van der Waals surface area contributed by atoms with Crippen LogP contribution in [0.1, 0.15) is 53.6 Å². The lowest BCUT2D eigenvalue weighted by molar-refractivity contribution is -0.137. The van der Waals surface area contributed by atoms with Crippen molar-refractivity contribution in [3.8, 4) is 11.4 Å². The molecule has 2 heterocycles. The maximum atomic E-state index is 14.2. The van der Waals surface area contributed by atoms with Crippen molar-refractivity contribution in [1.29, 1.82) is 0 Å². The molecule has 0 amide bonds. The van der Waals surface area contributed by atoms with E-state index in [2.05, 4.69) is 33.9 Å². The topological polar surface area (TPSA) is 79.5 Å². The molecule has 2 aromatic heterocycles. The molecule has 4 aromatic rings. The quantitative estimate of drug-likeness (QED) is 0.140. The standard InChI is InChI=1S/C31H35F3N2O5SSi/c1-21-10-13-24(14-11-21)42(38,39)36-18-16-26(35-17-8-9-23(35)20-41-43(6,7)30(2,3)4)28(36)29(37)25-15-12-22(31(32,33)34)19-27(25)40-5/h8-19H,20H2,1-7H3. The van der Waals surface area contributed by atoms with Crippen LogP contribution < -0.4 is 4.74 Å². The Morgan fingerprint density at radius 3 is 2.19 bits per heavy atom. The first-order valence-electron chi connectivity index (χ1n) is 13.5. The second-order valence-corrected chi connectivity index (χ2v) is 18.4. The van der Waals surface area contributed by atoms with Crippen molar-refractivity contribution in [2.24, 2.45) is 0 Å². The molecule has 0 aliphatic carbocycles. The summed E-state index contributed by atoms with van der Waals surface area (Å²) in [6.45, 7) is 12.6. The van der Waals surface area contributed by atoms with E-state index in [4.69, 9.17) is 9.16 Å². The van der Waals surface area contributed by atoms with Crippen molar-refractivity contribution in [1.82, 2.24) is 8.54 Å². The second-order valence-electron chi connectivity index (χ2n) is 11.8. The molecule has 0 spiro atoms. The molecule has 7 nitrogen and oxygen atoms in total. The van der Waals surface area contributed by atoms with Gasteiger partial charge in [0.2, 0.25) is 5.78 Å². The molecule has 4 rings (SSSR count). The van der Waals surface area contributed by atoms with Gasteiger partial charge >= 0.3 is 6.18 Å². The predicted octanol–water partition coefficient (Wildman–Crippen LogP) is 7.60. The molecule has 0 saturated heterocycles. The summed E-state index contributed by atoms with van der Waals surface area (Å²) in [5, 5.41) is -0.0594. The molecule has 230 valence electrons. The summed E-state index contributed by atoms with van der Waals surface area (Å²) < 4.78 is 82.2. The molecule has 0 bridgehead atoms. The Morgan fingerprint density at radius 2 is 1.60 bits per heavy atom. The maximum absolute atomic E-state index is 14.2. The Kier molecular flexibility index (Phi) is 8.62. The van der Waals surface area contributed by atoms with Crippen molar-refractivity contribution in [2.75, 3.05) is 7.11 Å². The molecule has 0 aliphatic heterocycles. The van der Waals surface area contributed by atoms with E-state index in [1.54, 1.807) is 29.0 Å². The number of hydrogen-bond donors (Lipinski definition) is 0. The van der Waals surface area contributed by atoms with Crippen LogP contribution in [0, 0.1) is 6.92 Å². The molecule has 0 N–H and O–H groups in total. The summed E-state index contributed by atoms with van der Waals surface area (Å²) in [6, 6.07) is 13.7. The fourth-order valence-corrected chi connectivity index (χ4v) is 6.55. The Balaban J connectivity index is 1.91. The number of ketones is 1. The first-order chi connectivity index (χ1) is 19.9. The highest BCUT2D eigenvalue weighted by Crippen LogP contribution is 2.38. The molecule has 0 radical (unpaired) electrons. The maximum Gasteiger partial charge on any atom is 0.416 e. The average molecular weight is 633 g/mol. The Morgan fingerprint density at radius 1 is 0.953 bits per heavy atom. The van der Waals surface area contributed by atoms with Gasteiger partial charge in [-0.3, -0.25) is 4.79 Å². The predicted molar refractivity (Wildman–Crippen MR) is 161 cm³/mol. The number of aryl methyl sites for hydroxylation is 1. The van der Waals surface area contributed by atoms with Crippen LogP contribution in [0.3, 0.4) is 0 Å². The van der Waals surface area contributed by atoms with Crippen LogP contribution in [0.25, 0.3) is 5.69 Å². The van der Waals surface area contributed by atoms with E-state index in [-0.39, 0.29) is 39.2 Å². The van der Waals surface area contributed by atoms with Gasteiger partial charge in [-0.15, -0.1) is 0 Å². The van der Waals surface area contributed by atoms with Crippen molar-refractivity contribution in [3.63, 3.8) is 0 Å². The van der Waals surface area contributed by atoms with Crippen LogP contribution in [0.5, 0.6) is 5.75 Å². The molecule has 0 atom stereocenters. The number of carbonyl (C=O) groups is 1. The molecule has 0 unspecified atom stereocenters. The highest BCUT2D eigenvalue weighted by Gasteiger charge is 2.38. The summed E-state index contributed by atoms with van der Waals surface area (Å²) >= 11 is 0. The molecule has 0 saturated carbocycles. The third kappa shape index (κ3) is 6.36. The number of rotatable bonds is 9. The van der Waals surface area contributed by atoms with Crippen molar-refractivity contribution < 1.29 is 35.5 Å². The average Bonchev–Trinajstić information content (AvgIpc) is 3.57. The van der Waals surface area contributed by atoms with Crippen molar-refractivity contribution in [3.05, 3.63) is 101 Å². The van der Waals surface area contributed by atoms with E-state index in [1.165, 1.54) is 24.4 Å². The van der Waals surface area contributed by atoms with E-state index in [9.17, 15) is 26.4 Å². The molecular weight excluding hydrogens is 597 g/mol. The fraction of sp³-hybridized carbons (Fsp3) is 0.323. The zero-order chi connectivity index (χ0) is 32.0. The van der Waals surface area contributed by atoms with E-state index in [0.717, 1.165) is 34.8 Å². The number of halogens is 3. The van der Waals surface area contributed by atoms with E-state index in [0.29, 0.717) is 5.69 Å². The number of aromatic nitrogens is 2. The number of nitrogens with zero attached hydrogens (tertiary/aromatic N) is 2. The Hall–Kier alpha value is -3.61. The minimum atomic E-state index is -4.67. The van der Waals surface area contributed by atoms with Gasteiger partial charge in [-0.25, -0.2) is 12.4 Å². The smallest absolute Gasteiger partial charge is 0.416 e. The SMILES string of the molecule is COc1cc(C(F)(F)F)ccc1C(=O)c1c(-n2cccc2CO[Si](C)(C)C(C)(C)C)ccn1S(=O)(=O)c1ccc(C)cc1. The number of methoxy groups -OCH3 is 1. The van der Waals surface area contributed by atoms with Gasteiger partial charge in [0, 0.05) is 18.1 Å². The van der Waals surface area contributed by atoms with Crippen LogP contribution in [-0.4, -0.2) is 38.2 Å². The van der Waals surface area contributed by atoms with Crippen LogP contribution in [0.2, 0.25) is 18.1 Å². The van der Waals surface area contributed by atoms with Gasteiger partial charge in [-0.1, -0.05) is 38.5 Å². The molecule has 0 fully saturated rings. The normalized spacial score (nSPS) is 12.9. The van der Waals surface area contributed by atoms with Crippen LogP contribution >= 0.6 is 0 Å². The first-order valence-corrected chi connectivity index (χ1v) is 17.9. The lowest BCUT2D eigenvalue weighted by Crippen LogP contribution is -2.40. The van der Waals surface area contributed by atoms with E-state index in [1.807, 2.05) is 13.0 Å². The largest absolute Gasteiger partial charge is 0.496 e. The van der Waals surface area contributed by atoms with E-state index < -0.39 is 35.9 Å². The number of benzene rings is 2. The van der Waals surface area contributed by atoms with Crippen LogP contribution in [0.4, 0.5) is 13.2 Å². The zero-order valence-electron chi connectivity index (χ0n) is 25.1. The zero-order valence-corrected chi connectivity index (χ0v) is 26.9. The summed E-state index contributed by atoms with van der Waals surface area (Å²) in [6.07, 6.45) is -1.71. The number of ether oxygens (including phenoxy) is 1. The molecule has 0 aliphatic rings. The fourth-order valence-electron chi connectivity index (χ4n) is 4.26. The number of carbonyl (C=O) groups excluding carboxylic acids is 1. The molecule has 2 aromatic carbocycles. The van der Waals surface area contributed by atoms with Gasteiger partial charge in [0.25, 0.3) is 10.0 Å². The van der Waals surface area contributed by atoms with Gasteiger partial charge in [-0.05, 0) is 73.6 Å². The van der Waals surface area contributed by atoms with Gasteiger partial charge in [0.05, 0.1) is 35.4 Å². The minimum absolute atomic E-state index is 0.0531. The van der Waals surface area contributed by atoms with Crippen molar-refractivity contribution in [2.45, 2.75) is 63.5 Å². The number of hydrogen-bond acceptors (Lipinski definition) is 5. The lowest BCUT2D eigenvalue weighted by Gasteiger charge is -2.36. The molecule has 12 heteroatoms. The number of alkyl halides is 3. The van der Waals surface area contributed by atoms with E-state index >= 15 is 0 Å². The monoisotopic (exact) mass is 632 g/mol. The van der Waals surface area contributed by atoms with Crippen molar-refractivity contribution >= 4 is 24.1 Å². The Bertz CT molecular complexity index is 1750. The summed E-state index contributed by atoms with van der Waals surface area (Å²) in [4.78, 5) is 14.1. The third-order valence-corrected chi connectivity index (χ3v) is 14.0. The molecular formula is C31H35F3N2O5SSi. The second kappa shape index (κ2) is 11.5. The van der Waals surface area contributed by atoms with Gasteiger partial charge in [-0.2, -0.15) is 13.2 Å². The highest BCUT2D eigenvalue weighted by atomic mass is 32.2. The summed E-state index contributed by atoms with van der Waals surface area (Å²) in [7, 11) is -5.31. The van der Waals surface area contributed by atoms with Gasteiger partial charge in [0.1, 0.15) is 11.4 Å². The third-order valence-electron chi connectivity index (χ3n) is 7.88. The van der Waals surface area contributed by atoms with Crippen LogP contribution in [0.15, 0.2) is 78.0 Å². The highest BCUT2D eigenvalue weighted by molar-refractivity contribution is 7.90. The summed E-state index contributed by atoms with van der Waals surface area (Å²) in [5.41, 5.74) is 0.256. The molecule has 43 heavy (non-hydrogen) atoms. The lowest BCUT2D eigenvalue weighted by atomic mass is 10.0. The van der Waals surface area contributed by atoms with Crippen LogP contribution in [-0.2, 0) is 27.2 Å². The van der Waals surface area contributed by atoms with Gasteiger partial charge in [0.15, 0.2) is 8.32 Å². The van der Waals surface area contributed by atoms with Gasteiger partial charge < -0.3 is 13.7 Å². The minimum Gasteiger partial charge on any atom is -0.496 e.